The number of nitrogens with one attached hydrogen (secondary N) is 1. The number of hydrazone groups is 1. The summed E-state index contributed by atoms with van der Waals surface area (Å²) in [6, 6.07) is 11.0. The van der Waals surface area contributed by atoms with E-state index < -0.39 is 10.0 Å². The van der Waals surface area contributed by atoms with Gasteiger partial charge in [-0.05, 0) is 30.7 Å². The minimum absolute atomic E-state index is 0.0289. The first-order chi connectivity index (χ1) is 11.9. The van der Waals surface area contributed by atoms with Gasteiger partial charge < -0.3 is 14.6 Å². The number of rotatable bonds is 7. The maximum atomic E-state index is 12.6. The lowest BCUT2D eigenvalue weighted by molar-refractivity contribution is 0.392. The lowest BCUT2D eigenvalue weighted by Gasteiger charge is -2.12. The summed E-state index contributed by atoms with van der Waals surface area (Å²) in [4.78, 5) is 2.10. The predicted molar refractivity (Wildman–Crippen MR) is 94.8 cm³/mol. The molecule has 0 saturated carbocycles. The van der Waals surface area contributed by atoms with Crippen LogP contribution in [0, 0.1) is 0 Å². The van der Waals surface area contributed by atoms with Gasteiger partial charge in [-0.2, -0.15) is 18.4 Å². The third-order valence-electron chi connectivity index (χ3n) is 3.51. The first kappa shape index (κ1) is 18.6. The van der Waals surface area contributed by atoms with Crippen molar-refractivity contribution >= 4 is 15.7 Å². The Labute approximate surface area is 147 Å². The molecule has 2 rings (SSSR count). The summed E-state index contributed by atoms with van der Waals surface area (Å²) in [6.07, 6.45) is 0.426. The van der Waals surface area contributed by atoms with Crippen molar-refractivity contribution < 1.29 is 23.0 Å². The fourth-order valence-electron chi connectivity index (χ4n) is 2.21. The SMILES string of the molecule is CC/C(=N\NS(=O)(=O)c1cc(OC)ccc1OC)c1ccccc1O. The standard InChI is InChI=1S/C17H20N2O5S/c1-4-14(13-7-5-6-8-15(13)20)18-19-25(21,22)17-11-12(23-2)9-10-16(17)24-3/h5-11,19-20H,4H2,1-3H3/b18-14+. The van der Waals surface area contributed by atoms with Crippen molar-refractivity contribution in [2.24, 2.45) is 5.10 Å². The van der Waals surface area contributed by atoms with Crippen molar-refractivity contribution in [1.29, 1.82) is 0 Å². The number of para-hydroxylation sites is 1. The Balaban J connectivity index is 2.40. The number of aromatic hydroxyl groups is 1. The highest BCUT2D eigenvalue weighted by Gasteiger charge is 2.20. The molecule has 2 aromatic rings. The first-order valence-corrected chi connectivity index (χ1v) is 9.00. The Morgan fingerprint density at radius 2 is 1.88 bits per heavy atom. The Kier molecular flexibility index (Phi) is 5.87. The topological polar surface area (TPSA) is 97.2 Å². The number of benzene rings is 2. The highest BCUT2D eigenvalue weighted by Crippen LogP contribution is 2.28. The fraction of sp³-hybridized carbons (Fsp3) is 0.235. The zero-order valence-corrected chi connectivity index (χ0v) is 15.0. The van der Waals surface area contributed by atoms with Crippen molar-refractivity contribution in [3.05, 3.63) is 48.0 Å². The van der Waals surface area contributed by atoms with Gasteiger partial charge in [0, 0.05) is 11.6 Å². The van der Waals surface area contributed by atoms with E-state index in [2.05, 4.69) is 9.93 Å². The van der Waals surface area contributed by atoms with Crippen LogP contribution in [0.5, 0.6) is 17.2 Å². The summed E-state index contributed by atoms with van der Waals surface area (Å²) in [5.41, 5.74) is 0.869. The molecule has 0 aliphatic heterocycles. The van der Waals surface area contributed by atoms with E-state index in [0.29, 0.717) is 23.4 Å². The second-order valence-corrected chi connectivity index (χ2v) is 6.67. The van der Waals surface area contributed by atoms with E-state index >= 15 is 0 Å². The van der Waals surface area contributed by atoms with Crippen LogP contribution in [0.25, 0.3) is 0 Å². The van der Waals surface area contributed by atoms with Crippen LogP contribution < -0.4 is 14.3 Å². The Morgan fingerprint density at radius 1 is 1.16 bits per heavy atom. The molecule has 0 saturated heterocycles. The van der Waals surface area contributed by atoms with Gasteiger partial charge in [0.15, 0.2) is 0 Å². The lowest BCUT2D eigenvalue weighted by atomic mass is 10.1. The van der Waals surface area contributed by atoms with Gasteiger partial charge in [-0.3, -0.25) is 0 Å². The van der Waals surface area contributed by atoms with Crippen molar-refractivity contribution in [1.82, 2.24) is 4.83 Å². The van der Waals surface area contributed by atoms with Crippen LogP contribution in [0.3, 0.4) is 0 Å². The third kappa shape index (κ3) is 4.21. The van der Waals surface area contributed by atoms with Crippen LogP contribution in [0.2, 0.25) is 0 Å². The average Bonchev–Trinajstić information content (AvgIpc) is 2.63. The molecule has 25 heavy (non-hydrogen) atoms. The molecule has 0 aliphatic carbocycles. The molecule has 134 valence electrons. The van der Waals surface area contributed by atoms with Crippen LogP contribution in [-0.2, 0) is 10.0 Å². The third-order valence-corrected chi connectivity index (χ3v) is 4.74. The Morgan fingerprint density at radius 3 is 2.48 bits per heavy atom. The fourth-order valence-corrected chi connectivity index (χ4v) is 3.22. The number of sulfonamides is 1. The number of phenols is 1. The van der Waals surface area contributed by atoms with Crippen molar-refractivity contribution in [3.63, 3.8) is 0 Å². The molecule has 0 heterocycles. The number of methoxy groups -OCH3 is 2. The van der Waals surface area contributed by atoms with Crippen LogP contribution in [0.15, 0.2) is 52.5 Å². The van der Waals surface area contributed by atoms with Crippen LogP contribution in [0.4, 0.5) is 0 Å². The van der Waals surface area contributed by atoms with Gasteiger partial charge in [0.1, 0.15) is 22.1 Å². The van der Waals surface area contributed by atoms with E-state index in [1.54, 1.807) is 24.3 Å². The van der Waals surface area contributed by atoms with E-state index in [1.165, 1.54) is 32.4 Å². The largest absolute Gasteiger partial charge is 0.507 e. The molecule has 0 fully saturated rings. The quantitative estimate of drug-likeness (QED) is 0.581. The van der Waals surface area contributed by atoms with E-state index in [-0.39, 0.29) is 16.4 Å². The summed E-state index contributed by atoms with van der Waals surface area (Å²) in [7, 11) is -1.17. The van der Waals surface area contributed by atoms with Crippen LogP contribution >= 0.6 is 0 Å². The van der Waals surface area contributed by atoms with Gasteiger partial charge in [0.05, 0.1) is 19.9 Å². The summed E-state index contributed by atoms with van der Waals surface area (Å²) in [5, 5.41) is 13.9. The van der Waals surface area contributed by atoms with Gasteiger partial charge in [0.25, 0.3) is 10.0 Å². The maximum Gasteiger partial charge on any atom is 0.280 e. The van der Waals surface area contributed by atoms with Crippen molar-refractivity contribution in [3.8, 4) is 17.2 Å². The van der Waals surface area contributed by atoms with E-state index in [4.69, 9.17) is 9.47 Å². The van der Waals surface area contributed by atoms with Crippen LogP contribution in [0.1, 0.15) is 18.9 Å². The first-order valence-electron chi connectivity index (χ1n) is 7.51. The summed E-state index contributed by atoms with van der Waals surface area (Å²) < 4.78 is 35.4. The number of nitrogens with zero attached hydrogens (tertiary/aromatic N) is 1. The molecular weight excluding hydrogens is 344 g/mol. The number of hydrogen-bond acceptors (Lipinski definition) is 6. The minimum atomic E-state index is -3.99. The molecule has 0 unspecified atom stereocenters. The number of hydrogen-bond donors (Lipinski definition) is 2. The van der Waals surface area contributed by atoms with E-state index in [1.807, 2.05) is 6.92 Å². The molecule has 0 amide bonds. The molecule has 0 radical (unpaired) electrons. The number of phenolic OH excluding ortho intramolecular Hbond substituents is 1. The highest BCUT2D eigenvalue weighted by atomic mass is 32.2. The average molecular weight is 364 g/mol. The van der Waals surface area contributed by atoms with Gasteiger partial charge in [-0.25, -0.2) is 0 Å². The molecule has 0 aliphatic rings. The van der Waals surface area contributed by atoms with Crippen molar-refractivity contribution in [2.45, 2.75) is 18.2 Å². The molecule has 2 N–H and O–H groups in total. The van der Waals surface area contributed by atoms with Gasteiger partial charge >= 0.3 is 0 Å². The van der Waals surface area contributed by atoms with Crippen LogP contribution in [-0.4, -0.2) is 33.5 Å². The molecule has 0 bridgehead atoms. The molecule has 0 atom stereocenters. The van der Waals surface area contributed by atoms with Gasteiger partial charge in [-0.1, -0.05) is 19.1 Å². The minimum Gasteiger partial charge on any atom is -0.507 e. The molecule has 7 nitrogen and oxygen atoms in total. The maximum absolute atomic E-state index is 12.6. The summed E-state index contributed by atoms with van der Waals surface area (Å²) in [5.74, 6) is 0.576. The van der Waals surface area contributed by atoms with Crippen molar-refractivity contribution in [2.75, 3.05) is 14.2 Å². The highest BCUT2D eigenvalue weighted by molar-refractivity contribution is 7.89. The zero-order chi connectivity index (χ0) is 18.4. The van der Waals surface area contributed by atoms with E-state index in [9.17, 15) is 13.5 Å². The molecule has 0 aromatic heterocycles. The smallest absolute Gasteiger partial charge is 0.280 e. The lowest BCUT2D eigenvalue weighted by Crippen LogP contribution is -2.21. The number of ether oxygens (including phenoxy) is 2. The van der Waals surface area contributed by atoms with E-state index in [0.717, 1.165) is 0 Å². The normalized spacial score (nSPS) is 11.9. The summed E-state index contributed by atoms with van der Waals surface area (Å²) in [6.45, 7) is 1.81. The molecule has 2 aromatic carbocycles. The Hall–Kier alpha value is -2.74. The molecule has 8 heteroatoms. The van der Waals surface area contributed by atoms with Gasteiger partial charge in [0.2, 0.25) is 0 Å². The Bertz CT molecular complexity index is 878. The predicted octanol–water partition coefficient (Wildman–Crippen LogP) is 2.50. The second-order valence-electron chi connectivity index (χ2n) is 5.04. The monoisotopic (exact) mass is 364 g/mol. The summed E-state index contributed by atoms with van der Waals surface area (Å²) >= 11 is 0. The zero-order valence-electron chi connectivity index (χ0n) is 14.2. The van der Waals surface area contributed by atoms with Gasteiger partial charge in [-0.15, -0.1) is 0 Å². The second kappa shape index (κ2) is 7.89. The molecular formula is C17H20N2O5S. The molecule has 0 spiro atoms.